The van der Waals surface area contributed by atoms with E-state index in [1.165, 1.54) is 0 Å². The second-order valence-electron chi connectivity index (χ2n) is 6.39. The number of halogens is 1. The third kappa shape index (κ3) is 4.12. The summed E-state index contributed by atoms with van der Waals surface area (Å²) in [5.41, 5.74) is 1.32. The van der Waals surface area contributed by atoms with Gasteiger partial charge in [0.25, 0.3) is 5.91 Å². The number of nitrogens with zero attached hydrogens (tertiary/aromatic N) is 1. The van der Waals surface area contributed by atoms with Gasteiger partial charge in [0.05, 0.1) is 10.9 Å². The van der Waals surface area contributed by atoms with Crippen molar-refractivity contribution < 1.29 is 19.1 Å². The zero-order valence-corrected chi connectivity index (χ0v) is 18.5. The largest absolute Gasteiger partial charge is 0.547 e. The molecule has 0 bridgehead atoms. The molecule has 0 aliphatic carbocycles. The number of carboxylic acids is 1. The van der Waals surface area contributed by atoms with E-state index in [0.717, 1.165) is 26.7 Å². The Hall–Kier alpha value is -2.68. The fraction of sp³-hybridized carbons (Fsp3) is 0.0455. The van der Waals surface area contributed by atoms with Gasteiger partial charge in [-0.1, -0.05) is 82.4 Å². The summed E-state index contributed by atoms with van der Waals surface area (Å²) in [4.78, 5) is 26.1. The summed E-state index contributed by atoms with van der Waals surface area (Å²) in [6, 6.07) is 18.3. The van der Waals surface area contributed by atoms with Crippen LogP contribution in [-0.2, 0) is 9.59 Å². The molecule has 1 amide bonds. The number of carbonyl (C=O) groups is 2. The first-order valence-electron chi connectivity index (χ1n) is 8.82. The van der Waals surface area contributed by atoms with Crippen LogP contribution in [0.5, 0.6) is 0 Å². The van der Waals surface area contributed by atoms with Crippen LogP contribution in [0.2, 0.25) is 0 Å². The van der Waals surface area contributed by atoms with Crippen molar-refractivity contribution in [2.24, 2.45) is 0 Å². The standard InChI is InChI=1S/C22H14BrNO4S2/c23-15-8-6-13(7-9-15)17-11-10-16(28-17)12-18-20(25)24(22(29)30-18)19(21(26)27)14-4-2-1-3-5-14/h1-12,19H,(H,26,27)/p-1/b18-12-/t19-/m0/s1. The Morgan fingerprint density at radius 3 is 2.47 bits per heavy atom. The quantitative estimate of drug-likeness (QED) is 0.383. The predicted octanol–water partition coefficient (Wildman–Crippen LogP) is 4.40. The molecular weight excluding hydrogens is 486 g/mol. The number of thioether (sulfide) groups is 1. The normalized spacial score (nSPS) is 16.3. The van der Waals surface area contributed by atoms with Gasteiger partial charge in [-0.2, -0.15) is 0 Å². The highest BCUT2D eigenvalue weighted by atomic mass is 79.9. The van der Waals surface area contributed by atoms with Crippen molar-refractivity contribution in [2.75, 3.05) is 0 Å². The van der Waals surface area contributed by atoms with Crippen molar-refractivity contribution in [1.29, 1.82) is 0 Å². The maximum absolute atomic E-state index is 13.0. The number of furan rings is 1. The van der Waals surface area contributed by atoms with Gasteiger partial charge in [0.1, 0.15) is 21.9 Å². The highest BCUT2D eigenvalue weighted by Gasteiger charge is 2.38. The summed E-state index contributed by atoms with van der Waals surface area (Å²) in [6.07, 6.45) is 1.57. The van der Waals surface area contributed by atoms with Crippen LogP contribution < -0.4 is 5.11 Å². The van der Waals surface area contributed by atoms with Crippen LogP contribution in [0.1, 0.15) is 17.4 Å². The van der Waals surface area contributed by atoms with Crippen molar-refractivity contribution in [3.8, 4) is 11.3 Å². The van der Waals surface area contributed by atoms with Gasteiger partial charge in [-0.05, 0) is 29.8 Å². The fourth-order valence-electron chi connectivity index (χ4n) is 3.06. The lowest BCUT2D eigenvalue weighted by atomic mass is 10.1. The summed E-state index contributed by atoms with van der Waals surface area (Å²) in [6.45, 7) is 0. The van der Waals surface area contributed by atoms with Crippen LogP contribution in [0.3, 0.4) is 0 Å². The molecule has 30 heavy (non-hydrogen) atoms. The summed E-state index contributed by atoms with van der Waals surface area (Å²) in [5.74, 6) is -0.766. The number of benzene rings is 2. The highest BCUT2D eigenvalue weighted by Crippen LogP contribution is 2.38. The van der Waals surface area contributed by atoms with Crippen molar-refractivity contribution in [3.63, 3.8) is 0 Å². The second kappa shape index (κ2) is 8.59. The smallest absolute Gasteiger partial charge is 0.267 e. The number of carbonyl (C=O) groups excluding carboxylic acids is 2. The van der Waals surface area contributed by atoms with E-state index in [0.29, 0.717) is 22.0 Å². The summed E-state index contributed by atoms with van der Waals surface area (Å²) < 4.78 is 6.95. The molecule has 1 aliphatic heterocycles. The molecule has 4 rings (SSSR count). The Morgan fingerprint density at radius 2 is 1.80 bits per heavy atom. The van der Waals surface area contributed by atoms with Crippen LogP contribution in [0, 0.1) is 0 Å². The van der Waals surface area contributed by atoms with E-state index in [2.05, 4.69) is 15.9 Å². The van der Waals surface area contributed by atoms with Crippen molar-refractivity contribution in [3.05, 3.63) is 87.4 Å². The molecule has 8 heteroatoms. The number of carboxylic acid groups (broad SMARTS) is 1. The number of hydrogen-bond donors (Lipinski definition) is 0. The first-order chi connectivity index (χ1) is 14.4. The number of aliphatic carboxylic acids is 1. The molecule has 0 radical (unpaired) electrons. The molecule has 0 saturated carbocycles. The third-order valence-electron chi connectivity index (χ3n) is 4.45. The molecular formula is C22H13BrNO4S2-. The molecule has 5 nitrogen and oxygen atoms in total. The van der Waals surface area contributed by atoms with E-state index in [1.54, 1.807) is 42.5 Å². The molecule has 0 N–H and O–H groups in total. The van der Waals surface area contributed by atoms with Crippen LogP contribution in [0.4, 0.5) is 0 Å². The third-order valence-corrected chi connectivity index (χ3v) is 6.31. The van der Waals surface area contributed by atoms with E-state index in [1.807, 2.05) is 30.3 Å². The molecule has 2 aromatic carbocycles. The Bertz CT molecular complexity index is 1160. The minimum atomic E-state index is -1.39. The van der Waals surface area contributed by atoms with Gasteiger partial charge in [0.2, 0.25) is 0 Å². The average Bonchev–Trinajstić information content (AvgIpc) is 3.30. The Labute approximate surface area is 190 Å². The van der Waals surface area contributed by atoms with Crippen LogP contribution in [0.15, 0.2) is 80.5 Å². The van der Waals surface area contributed by atoms with Crippen LogP contribution >= 0.6 is 39.9 Å². The second-order valence-corrected chi connectivity index (χ2v) is 8.98. The zero-order chi connectivity index (χ0) is 21.3. The number of hydrogen-bond acceptors (Lipinski definition) is 6. The topological polar surface area (TPSA) is 73.6 Å². The van der Waals surface area contributed by atoms with Gasteiger partial charge in [-0.3, -0.25) is 9.69 Å². The van der Waals surface area contributed by atoms with Crippen molar-refractivity contribution in [1.82, 2.24) is 4.90 Å². The first-order valence-corrected chi connectivity index (χ1v) is 10.8. The summed E-state index contributed by atoms with van der Waals surface area (Å²) >= 11 is 9.73. The highest BCUT2D eigenvalue weighted by molar-refractivity contribution is 9.10. The maximum Gasteiger partial charge on any atom is 0.267 e. The van der Waals surface area contributed by atoms with Gasteiger partial charge >= 0.3 is 0 Å². The van der Waals surface area contributed by atoms with Gasteiger partial charge in [0.15, 0.2) is 0 Å². The van der Waals surface area contributed by atoms with E-state index in [-0.39, 0.29) is 4.32 Å². The fourth-order valence-corrected chi connectivity index (χ4v) is 4.61. The monoisotopic (exact) mass is 498 g/mol. The first kappa shape index (κ1) is 20.6. The van der Waals surface area contributed by atoms with E-state index in [4.69, 9.17) is 16.6 Å². The van der Waals surface area contributed by atoms with Crippen LogP contribution in [-0.4, -0.2) is 21.1 Å². The Balaban J connectivity index is 1.62. The van der Waals surface area contributed by atoms with Crippen molar-refractivity contribution >= 4 is 62.2 Å². The van der Waals surface area contributed by atoms with Crippen LogP contribution in [0.25, 0.3) is 17.4 Å². The lowest BCUT2D eigenvalue weighted by molar-refractivity contribution is -0.310. The number of thiocarbonyl (C=S) groups is 1. The molecule has 150 valence electrons. The Kier molecular flexibility index (Phi) is 5.90. The summed E-state index contributed by atoms with van der Waals surface area (Å²) in [5, 5.41) is 11.8. The van der Waals surface area contributed by atoms with E-state index < -0.39 is 17.9 Å². The number of rotatable bonds is 5. The zero-order valence-electron chi connectivity index (χ0n) is 15.3. The van der Waals surface area contributed by atoms with Gasteiger partial charge in [-0.25, -0.2) is 0 Å². The molecule has 1 saturated heterocycles. The SMILES string of the molecule is O=C([O-])[C@H](c1ccccc1)N1C(=O)/C(=C/c2ccc(-c3ccc(Br)cc3)o2)SC1=S. The molecule has 1 aromatic heterocycles. The molecule has 1 aliphatic rings. The molecule has 0 spiro atoms. The lowest BCUT2D eigenvalue weighted by Crippen LogP contribution is -2.43. The van der Waals surface area contributed by atoms with Gasteiger partial charge in [-0.15, -0.1) is 0 Å². The van der Waals surface area contributed by atoms with Gasteiger partial charge in [0, 0.05) is 16.1 Å². The minimum Gasteiger partial charge on any atom is -0.547 e. The minimum absolute atomic E-state index is 0.156. The molecule has 2 heterocycles. The van der Waals surface area contributed by atoms with Crippen molar-refractivity contribution in [2.45, 2.75) is 6.04 Å². The predicted molar refractivity (Wildman–Crippen MR) is 121 cm³/mol. The average molecular weight is 499 g/mol. The number of amides is 1. The Morgan fingerprint density at radius 1 is 1.10 bits per heavy atom. The molecule has 0 unspecified atom stereocenters. The van der Waals surface area contributed by atoms with E-state index >= 15 is 0 Å². The maximum atomic E-state index is 13.0. The van der Waals surface area contributed by atoms with Gasteiger partial charge < -0.3 is 14.3 Å². The molecule has 1 fully saturated rings. The summed E-state index contributed by atoms with van der Waals surface area (Å²) in [7, 11) is 0. The molecule has 1 atom stereocenters. The molecule has 3 aromatic rings. The lowest BCUT2D eigenvalue weighted by Gasteiger charge is -2.27. The van der Waals surface area contributed by atoms with E-state index in [9.17, 15) is 14.7 Å².